The number of hydrogen-bond donors (Lipinski definition) is 0. The molecular weight excluding hydrogens is 260 g/mol. The SMILES string of the molecule is C1C2CC3CC1CN(C2)C3OC1C2CC3CC(C2)CN1C3. The largest absolute Gasteiger partial charge is 0.344 e. The molecule has 0 aromatic carbocycles. The van der Waals surface area contributed by atoms with Crippen LogP contribution in [0.4, 0.5) is 0 Å². The molecule has 6 aliphatic heterocycles. The van der Waals surface area contributed by atoms with E-state index in [9.17, 15) is 0 Å². The van der Waals surface area contributed by atoms with Gasteiger partial charge in [0, 0.05) is 26.2 Å². The highest BCUT2D eigenvalue weighted by molar-refractivity contribution is 5.00. The third-order valence-electron chi connectivity index (χ3n) is 7.65. The number of piperidine rings is 6. The predicted octanol–water partition coefficient (Wildman–Crippen LogP) is 2.38. The Morgan fingerprint density at radius 1 is 0.524 bits per heavy atom. The smallest absolute Gasteiger partial charge is 0.115 e. The monoisotopic (exact) mass is 288 g/mol. The highest BCUT2D eigenvalue weighted by atomic mass is 16.5. The molecule has 3 heteroatoms. The minimum atomic E-state index is 0.473. The molecule has 0 N–H and O–H groups in total. The lowest BCUT2D eigenvalue weighted by Crippen LogP contribution is -2.65. The first-order valence-corrected chi connectivity index (χ1v) is 9.45. The van der Waals surface area contributed by atoms with Crippen molar-refractivity contribution in [1.29, 1.82) is 0 Å². The van der Waals surface area contributed by atoms with Gasteiger partial charge in [0.2, 0.25) is 0 Å². The van der Waals surface area contributed by atoms with Gasteiger partial charge in [0.05, 0.1) is 0 Å². The normalized spacial score (nSPS) is 63.4. The van der Waals surface area contributed by atoms with E-state index in [4.69, 9.17) is 4.74 Å². The van der Waals surface area contributed by atoms with Crippen LogP contribution in [0.15, 0.2) is 0 Å². The van der Waals surface area contributed by atoms with Gasteiger partial charge in [-0.05, 0) is 74.0 Å². The van der Waals surface area contributed by atoms with E-state index >= 15 is 0 Å². The molecule has 2 saturated carbocycles. The Morgan fingerprint density at radius 2 is 0.905 bits per heavy atom. The van der Waals surface area contributed by atoms with E-state index in [-0.39, 0.29) is 0 Å². The van der Waals surface area contributed by atoms with Crippen LogP contribution in [-0.4, -0.2) is 48.4 Å². The first-order valence-electron chi connectivity index (χ1n) is 9.45. The maximum Gasteiger partial charge on any atom is 0.115 e. The molecule has 8 bridgehead atoms. The summed E-state index contributed by atoms with van der Waals surface area (Å²) in [6.07, 6.45) is 9.81. The quantitative estimate of drug-likeness (QED) is 0.776. The molecular formula is C18H28N2O. The average molecular weight is 288 g/mol. The lowest BCUT2D eigenvalue weighted by Gasteiger charge is -2.60. The van der Waals surface area contributed by atoms with Crippen molar-refractivity contribution in [3.05, 3.63) is 0 Å². The fourth-order valence-corrected chi connectivity index (χ4v) is 7.32. The molecule has 6 saturated heterocycles. The number of nitrogens with zero attached hydrogens (tertiary/aromatic N) is 2. The summed E-state index contributed by atoms with van der Waals surface area (Å²) in [6.45, 7) is 5.33. The van der Waals surface area contributed by atoms with Crippen LogP contribution in [0, 0.1) is 35.5 Å². The summed E-state index contributed by atoms with van der Waals surface area (Å²) in [6, 6.07) is 0. The Hall–Kier alpha value is -0.120. The Labute approximate surface area is 128 Å². The molecule has 0 aromatic rings. The van der Waals surface area contributed by atoms with E-state index < -0.39 is 0 Å². The first kappa shape index (κ1) is 12.3. The molecule has 6 unspecified atom stereocenters. The number of hydrogen-bond acceptors (Lipinski definition) is 3. The summed E-state index contributed by atoms with van der Waals surface area (Å²) < 4.78 is 6.86. The van der Waals surface area contributed by atoms with Crippen LogP contribution in [0.1, 0.15) is 38.5 Å². The van der Waals surface area contributed by atoms with E-state index in [0.717, 1.165) is 35.5 Å². The van der Waals surface area contributed by atoms with Crippen LogP contribution in [0.2, 0.25) is 0 Å². The van der Waals surface area contributed by atoms with Crippen molar-refractivity contribution in [2.24, 2.45) is 35.5 Å². The maximum absolute atomic E-state index is 6.86. The lowest BCUT2D eigenvalue weighted by molar-refractivity contribution is -0.270. The number of ether oxygens (including phenoxy) is 1. The molecule has 21 heavy (non-hydrogen) atoms. The Balaban J connectivity index is 1.23. The molecule has 6 heterocycles. The molecule has 8 aliphatic rings. The molecule has 0 aromatic heterocycles. The third-order valence-corrected chi connectivity index (χ3v) is 7.65. The molecule has 8 fully saturated rings. The summed E-state index contributed by atoms with van der Waals surface area (Å²) in [5.74, 6) is 5.72. The highest BCUT2D eigenvalue weighted by Crippen LogP contribution is 2.50. The van der Waals surface area contributed by atoms with E-state index in [1.54, 1.807) is 0 Å². The molecule has 0 spiro atoms. The second-order valence-electron chi connectivity index (χ2n) is 9.22. The minimum absolute atomic E-state index is 0.473. The van der Waals surface area contributed by atoms with Gasteiger partial charge in [0.1, 0.15) is 12.5 Å². The average Bonchev–Trinajstić information content (AvgIpc) is 2.43. The lowest BCUT2D eigenvalue weighted by atomic mass is 9.66. The molecule has 0 radical (unpaired) electrons. The van der Waals surface area contributed by atoms with Crippen LogP contribution >= 0.6 is 0 Å². The van der Waals surface area contributed by atoms with Gasteiger partial charge in [-0.2, -0.15) is 0 Å². The van der Waals surface area contributed by atoms with Gasteiger partial charge in [-0.25, -0.2) is 0 Å². The minimum Gasteiger partial charge on any atom is -0.344 e. The topological polar surface area (TPSA) is 15.7 Å². The fourth-order valence-electron chi connectivity index (χ4n) is 7.32. The van der Waals surface area contributed by atoms with E-state index in [2.05, 4.69) is 9.80 Å². The van der Waals surface area contributed by atoms with E-state index in [1.165, 1.54) is 64.7 Å². The standard InChI is InChI=1S/C18H28N2O/c1-11-3-15-4-12(1)8-19(7-11)17(15)21-18-16-5-13-2-14(6-16)10-20(18)9-13/h11-18H,1-10H2. The highest BCUT2D eigenvalue weighted by Gasteiger charge is 2.52. The second-order valence-corrected chi connectivity index (χ2v) is 9.22. The summed E-state index contributed by atoms with van der Waals surface area (Å²) >= 11 is 0. The first-order chi connectivity index (χ1) is 10.3. The van der Waals surface area contributed by atoms with Crippen molar-refractivity contribution in [2.45, 2.75) is 51.0 Å². The van der Waals surface area contributed by atoms with Gasteiger partial charge in [-0.1, -0.05) is 0 Å². The van der Waals surface area contributed by atoms with Crippen LogP contribution in [0.25, 0.3) is 0 Å². The van der Waals surface area contributed by atoms with Gasteiger partial charge < -0.3 is 4.74 Å². The molecule has 2 aliphatic carbocycles. The van der Waals surface area contributed by atoms with Gasteiger partial charge in [0.25, 0.3) is 0 Å². The van der Waals surface area contributed by atoms with Gasteiger partial charge in [0.15, 0.2) is 0 Å². The van der Waals surface area contributed by atoms with Crippen LogP contribution < -0.4 is 0 Å². The molecule has 0 amide bonds. The van der Waals surface area contributed by atoms with Crippen molar-refractivity contribution < 1.29 is 4.74 Å². The Morgan fingerprint density at radius 3 is 1.24 bits per heavy atom. The second kappa shape index (κ2) is 4.24. The van der Waals surface area contributed by atoms with Crippen molar-refractivity contribution in [3.8, 4) is 0 Å². The van der Waals surface area contributed by atoms with Crippen molar-refractivity contribution in [2.75, 3.05) is 26.2 Å². The predicted molar refractivity (Wildman–Crippen MR) is 80.4 cm³/mol. The van der Waals surface area contributed by atoms with Crippen molar-refractivity contribution in [3.63, 3.8) is 0 Å². The van der Waals surface area contributed by atoms with E-state index in [0.29, 0.717) is 12.5 Å². The molecule has 8 rings (SSSR count). The van der Waals surface area contributed by atoms with Gasteiger partial charge in [-0.15, -0.1) is 0 Å². The van der Waals surface area contributed by atoms with Crippen molar-refractivity contribution >= 4 is 0 Å². The van der Waals surface area contributed by atoms with Gasteiger partial charge >= 0.3 is 0 Å². The van der Waals surface area contributed by atoms with Crippen LogP contribution in [0.3, 0.4) is 0 Å². The molecule has 6 atom stereocenters. The summed E-state index contributed by atoms with van der Waals surface area (Å²) in [5, 5.41) is 0. The third kappa shape index (κ3) is 1.77. The summed E-state index contributed by atoms with van der Waals surface area (Å²) in [5.41, 5.74) is 0. The zero-order chi connectivity index (χ0) is 13.6. The Kier molecular flexibility index (Phi) is 2.49. The zero-order valence-electron chi connectivity index (χ0n) is 13.0. The zero-order valence-corrected chi connectivity index (χ0v) is 13.0. The Bertz CT molecular complexity index is 354. The van der Waals surface area contributed by atoms with Crippen molar-refractivity contribution in [1.82, 2.24) is 9.80 Å². The molecule has 3 nitrogen and oxygen atoms in total. The van der Waals surface area contributed by atoms with E-state index in [1.807, 2.05) is 0 Å². The fraction of sp³-hybridized carbons (Fsp3) is 1.00. The van der Waals surface area contributed by atoms with Crippen LogP contribution in [0.5, 0.6) is 0 Å². The maximum atomic E-state index is 6.86. The van der Waals surface area contributed by atoms with Crippen LogP contribution in [-0.2, 0) is 4.74 Å². The summed E-state index contributed by atoms with van der Waals surface area (Å²) in [7, 11) is 0. The van der Waals surface area contributed by atoms with Gasteiger partial charge in [-0.3, -0.25) is 9.80 Å². The summed E-state index contributed by atoms with van der Waals surface area (Å²) in [4.78, 5) is 5.45. The molecule has 116 valence electrons. The number of rotatable bonds is 2.